The number of hydrogen-bond acceptors (Lipinski definition) is 4. The molecule has 5 nitrogen and oxygen atoms in total. The van der Waals surface area contributed by atoms with Gasteiger partial charge in [-0.1, -0.05) is 40.3 Å². The minimum absolute atomic E-state index is 0.0953. The average Bonchev–Trinajstić information content (AvgIpc) is 2.75. The van der Waals surface area contributed by atoms with Gasteiger partial charge in [0.25, 0.3) is 10.1 Å². The van der Waals surface area contributed by atoms with Gasteiger partial charge in [-0.15, -0.1) is 0 Å². The van der Waals surface area contributed by atoms with Crippen molar-refractivity contribution in [1.82, 2.24) is 4.90 Å². The van der Waals surface area contributed by atoms with E-state index < -0.39 is 15.4 Å². The molecule has 1 aliphatic carbocycles. The maximum atomic E-state index is 12.0. The maximum absolute atomic E-state index is 12.0. The SMILES string of the molecule is C=C/C=C1/N(C)C2C(C)CC(S(=O)(=O)O)CC2C1(C)C(C)(C)COC(C)(C)C. The van der Waals surface area contributed by atoms with Crippen molar-refractivity contribution in [3.8, 4) is 0 Å². The minimum atomic E-state index is -4.07. The molecule has 1 heterocycles. The second kappa shape index (κ2) is 7.44. The molecular formula is C22H39NO4S. The lowest BCUT2D eigenvalue weighted by molar-refractivity contribution is -0.0868. The van der Waals surface area contributed by atoms with E-state index in [1.54, 1.807) is 0 Å². The maximum Gasteiger partial charge on any atom is 0.267 e. The number of fused-ring (bicyclic) bond motifs is 1. The van der Waals surface area contributed by atoms with E-state index in [4.69, 9.17) is 4.74 Å². The molecule has 2 aliphatic rings. The molecule has 6 heteroatoms. The van der Waals surface area contributed by atoms with Crippen molar-refractivity contribution >= 4 is 10.1 Å². The van der Waals surface area contributed by atoms with Gasteiger partial charge in [-0.25, -0.2) is 0 Å². The first-order chi connectivity index (χ1) is 12.6. The Kier molecular flexibility index (Phi) is 6.23. The molecule has 1 N–H and O–H groups in total. The Morgan fingerprint density at radius 2 is 1.86 bits per heavy atom. The van der Waals surface area contributed by atoms with Crippen molar-refractivity contribution in [3.63, 3.8) is 0 Å². The highest BCUT2D eigenvalue weighted by Crippen LogP contribution is 2.62. The van der Waals surface area contributed by atoms with Crippen LogP contribution in [0.15, 0.2) is 24.4 Å². The van der Waals surface area contributed by atoms with Crippen LogP contribution in [0.2, 0.25) is 0 Å². The first kappa shape index (κ1) is 23.4. The molecule has 0 spiro atoms. The summed E-state index contributed by atoms with van der Waals surface area (Å²) in [5, 5.41) is -0.709. The molecule has 0 radical (unpaired) electrons. The minimum Gasteiger partial charge on any atom is -0.375 e. The fourth-order valence-corrected chi connectivity index (χ4v) is 6.45. The fourth-order valence-electron chi connectivity index (χ4n) is 5.46. The van der Waals surface area contributed by atoms with Gasteiger partial charge >= 0.3 is 0 Å². The molecule has 0 amide bonds. The third-order valence-corrected chi connectivity index (χ3v) is 8.44. The lowest BCUT2D eigenvalue weighted by Gasteiger charge is -2.49. The molecule has 1 saturated heterocycles. The van der Waals surface area contributed by atoms with E-state index in [1.807, 2.05) is 26.8 Å². The Morgan fingerprint density at radius 1 is 1.29 bits per heavy atom. The average molecular weight is 414 g/mol. The number of hydrogen-bond donors (Lipinski definition) is 1. The zero-order valence-electron chi connectivity index (χ0n) is 18.8. The predicted molar refractivity (Wildman–Crippen MR) is 115 cm³/mol. The lowest BCUT2D eigenvalue weighted by atomic mass is 9.56. The molecule has 2 rings (SSSR count). The molecule has 1 saturated carbocycles. The topological polar surface area (TPSA) is 66.8 Å². The molecule has 5 atom stereocenters. The quantitative estimate of drug-likeness (QED) is 0.671. The fraction of sp³-hybridized carbons (Fsp3) is 0.818. The Hall–Kier alpha value is -0.850. The monoisotopic (exact) mass is 413 g/mol. The largest absolute Gasteiger partial charge is 0.375 e. The molecular weight excluding hydrogens is 374 g/mol. The van der Waals surface area contributed by atoms with E-state index in [9.17, 15) is 13.0 Å². The predicted octanol–water partition coefficient (Wildman–Crippen LogP) is 4.52. The number of likely N-dealkylation sites (tertiary alicyclic amines) is 1. The van der Waals surface area contributed by atoms with Crippen molar-refractivity contribution in [3.05, 3.63) is 24.4 Å². The zero-order chi connectivity index (χ0) is 21.7. The second-order valence-corrected chi connectivity index (χ2v) is 12.3. The molecule has 0 aromatic heterocycles. The van der Waals surface area contributed by atoms with Crippen molar-refractivity contribution in [2.24, 2.45) is 22.7 Å². The van der Waals surface area contributed by atoms with Gasteiger partial charge in [-0.3, -0.25) is 4.55 Å². The van der Waals surface area contributed by atoms with E-state index >= 15 is 0 Å². The Bertz CT molecular complexity index is 734. The summed E-state index contributed by atoms with van der Waals surface area (Å²) < 4.78 is 40.0. The van der Waals surface area contributed by atoms with Gasteiger partial charge in [0.2, 0.25) is 0 Å². The van der Waals surface area contributed by atoms with Crippen LogP contribution in [0.3, 0.4) is 0 Å². The van der Waals surface area contributed by atoms with Crippen molar-refractivity contribution < 1.29 is 17.7 Å². The number of allylic oxidation sites excluding steroid dienone is 3. The van der Waals surface area contributed by atoms with Gasteiger partial charge in [-0.2, -0.15) is 8.42 Å². The molecule has 0 aromatic rings. The third-order valence-electron chi connectivity index (χ3n) is 7.22. The lowest BCUT2D eigenvalue weighted by Crippen LogP contribution is -2.50. The molecule has 162 valence electrons. The first-order valence-electron chi connectivity index (χ1n) is 10.2. The molecule has 1 aliphatic heterocycles. The summed E-state index contributed by atoms with van der Waals surface area (Å²) >= 11 is 0. The summed E-state index contributed by atoms with van der Waals surface area (Å²) in [6.45, 7) is 19.3. The highest BCUT2D eigenvalue weighted by Gasteiger charge is 2.62. The molecule has 0 bridgehead atoms. The summed E-state index contributed by atoms with van der Waals surface area (Å²) in [4.78, 5) is 2.32. The van der Waals surface area contributed by atoms with Gasteiger partial charge in [0.05, 0.1) is 17.5 Å². The second-order valence-electron chi connectivity index (χ2n) is 10.6. The number of rotatable bonds is 5. The molecule has 0 aromatic carbocycles. The highest BCUT2D eigenvalue weighted by atomic mass is 32.2. The van der Waals surface area contributed by atoms with Gasteiger partial charge in [-0.05, 0) is 56.9 Å². The van der Waals surface area contributed by atoms with E-state index in [2.05, 4.69) is 52.3 Å². The highest BCUT2D eigenvalue weighted by molar-refractivity contribution is 7.86. The Labute approximate surface area is 172 Å². The zero-order valence-corrected chi connectivity index (χ0v) is 19.6. The number of ether oxygens (including phenoxy) is 1. The first-order valence-corrected chi connectivity index (χ1v) is 11.7. The van der Waals surface area contributed by atoms with Crippen LogP contribution in [-0.4, -0.2) is 48.4 Å². The Morgan fingerprint density at radius 3 is 2.32 bits per heavy atom. The van der Waals surface area contributed by atoms with Crippen LogP contribution < -0.4 is 0 Å². The standard InChI is InChI=1S/C22H39NO4S/c1-10-11-18-22(8,21(6,7)14-27-20(3,4)5)17-13-16(28(24,25)26)12-15(2)19(17)23(18)9/h10-11,15-17,19H,1,12-14H2,2-9H3,(H,24,25,26)/b18-11+. The third kappa shape index (κ3) is 4.05. The summed E-state index contributed by atoms with van der Waals surface area (Å²) in [7, 11) is -1.96. The van der Waals surface area contributed by atoms with E-state index in [0.717, 1.165) is 0 Å². The van der Waals surface area contributed by atoms with Crippen LogP contribution in [0.4, 0.5) is 0 Å². The van der Waals surface area contributed by atoms with Crippen LogP contribution in [0.25, 0.3) is 0 Å². The van der Waals surface area contributed by atoms with Crippen molar-refractivity contribution in [2.45, 2.75) is 78.2 Å². The van der Waals surface area contributed by atoms with E-state index in [1.165, 1.54) is 5.70 Å². The van der Waals surface area contributed by atoms with Gasteiger partial charge < -0.3 is 9.64 Å². The number of nitrogens with zero attached hydrogens (tertiary/aromatic N) is 1. The van der Waals surface area contributed by atoms with Crippen molar-refractivity contribution in [1.29, 1.82) is 0 Å². The Balaban J connectivity index is 2.56. The summed E-state index contributed by atoms with van der Waals surface area (Å²) in [5.74, 6) is 0.253. The van der Waals surface area contributed by atoms with E-state index in [-0.39, 0.29) is 34.3 Å². The molecule has 2 fully saturated rings. The molecule has 28 heavy (non-hydrogen) atoms. The van der Waals surface area contributed by atoms with Gasteiger partial charge in [0.15, 0.2) is 0 Å². The van der Waals surface area contributed by atoms with Crippen LogP contribution in [0, 0.1) is 22.7 Å². The van der Waals surface area contributed by atoms with Gasteiger partial charge in [0.1, 0.15) is 0 Å². The van der Waals surface area contributed by atoms with Crippen LogP contribution >= 0.6 is 0 Å². The van der Waals surface area contributed by atoms with Crippen LogP contribution in [-0.2, 0) is 14.9 Å². The van der Waals surface area contributed by atoms with Gasteiger partial charge in [0, 0.05) is 24.2 Å². The molecule has 5 unspecified atom stereocenters. The normalized spacial score (nSPS) is 35.9. The smallest absolute Gasteiger partial charge is 0.267 e. The van der Waals surface area contributed by atoms with Crippen LogP contribution in [0.5, 0.6) is 0 Å². The summed E-state index contributed by atoms with van der Waals surface area (Å²) in [5.41, 5.74) is 0.354. The van der Waals surface area contributed by atoms with Crippen LogP contribution in [0.1, 0.15) is 61.3 Å². The van der Waals surface area contributed by atoms with Crippen molar-refractivity contribution in [2.75, 3.05) is 13.7 Å². The van der Waals surface area contributed by atoms with E-state index in [0.29, 0.717) is 19.4 Å². The summed E-state index contributed by atoms with van der Waals surface area (Å²) in [6.07, 6.45) is 4.82. The summed E-state index contributed by atoms with van der Waals surface area (Å²) in [6, 6.07) is 0.225.